The summed E-state index contributed by atoms with van der Waals surface area (Å²) in [6.07, 6.45) is 2.77. The van der Waals surface area contributed by atoms with E-state index < -0.39 is 0 Å². The lowest BCUT2D eigenvalue weighted by molar-refractivity contribution is -0.122. The molecular formula is C19H27N3O. The van der Waals surface area contributed by atoms with Crippen LogP contribution in [0.4, 0.5) is 0 Å². The first-order valence-electron chi connectivity index (χ1n) is 8.45. The molecule has 23 heavy (non-hydrogen) atoms. The molecule has 0 bridgehead atoms. The van der Waals surface area contributed by atoms with Gasteiger partial charge in [0.1, 0.15) is 0 Å². The summed E-state index contributed by atoms with van der Waals surface area (Å²) in [6, 6.07) is 12.1. The Bertz CT molecular complexity index is 619. The molecule has 0 aliphatic heterocycles. The molecule has 0 radical (unpaired) electrons. The SMILES string of the molecule is CCC[C@H](C(=O)NCCCn1nc(C)cc1C)c1ccccc1. The van der Waals surface area contributed by atoms with Crippen molar-refractivity contribution in [1.29, 1.82) is 0 Å². The lowest BCUT2D eigenvalue weighted by atomic mass is 9.93. The molecule has 1 aromatic carbocycles. The number of carbonyl (C=O) groups excluding carboxylic acids is 1. The highest BCUT2D eigenvalue weighted by atomic mass is 16.1. The van der Waals surface area contributed by atoms with E-state index in [1.807, 2.05) is 41.9 Å². The molecule has 0 spiro atoms. The number of benzene rings is 1. The number of aryl methyl sites for hydroxylation is 3. The molecule has 0 fully saturated rings. The molecule has 1 amide bonds. The minimum Gasteiger partial charge on any atom is -0.356 e. The third-order valence-electron chi connectivity index (χ3n) is 4.05. The summed E-state index contributed by atoms with van der Waals surface area (Å²) in [7, 11) is 0. The van der Waals surface area contributed by atoms with Gasteiger partial charge in [0.2, 0.25) is 5.91 Å². The summed E-state index contributed by atoms with van der Waals surface area (Å²) < 4.78 is 2.00. The van der Waals surface area contributed by atoms with Crippen LogP contribution < -0.4 is 5.32 Å². The van der Waals surface area contributed by atoms with E-state index in [0.717, 1.165) is 37.1 Å². The van der Waals surface area contributed by atoms with Crippen LogP contribution in [0.1, 0.15) is 49.1 Å². The van der Waals surface area contributed by atoms with Gasteiger partial charge in [-0.1, -0.05) is 43.7 Å². The van der Waals surface area contributed by atoms with Gasteiger partial charge in [-0.3, -0.25) is 9.48 Å². The van der Waals surface area contributed by atoms with Gasteiger partial charge in [0.25, 0.3) is 0 Å². The number of nitrogens with one attached hydrogen (secondary N) is 1. The number of hydrogen-bond acceptors (Lipinski definition) is 2. The molecule has 0 unspecified atom stereocenters. The van der Waals surface area contributed by atoms with E-state index in [1.165, 1.54) is 5.69 Å². The molecule has 124 valence electrons. The minimum absolute atomic E-state index is 0.0464. The number of rotatable bonds is 8. The van der Waals surface area contributed by atoms with E-state index in [4.69, 9.17) is 0 Å². The van der Waals surface area contributed by atoms with Gasteiger partial charge in [-0.05, 0) is 38.3 Å². The minimum atomic E-state index is -0.0464. The van der Waals surface area contributed by atoms with Crippen LogP contribution in [0.15, 0.2) is 36.4 Å². The number of amides is 1. The Morgan fingerprint density at radius 1 is 1.26 bits per heavy atom. The maximum absolute atomic E-state index is 12.5. The predicted octanol–water partition coefficient (Wildman–Crippen LogP) is 3.59. The molecule has 0 saturated carbocycles. The van der Waals surface area contributed by atoms with E-state index in [-0.39, 0.29) is 11.8 Å². The Hall–Kier alpha value is -2.10. The molecule has 1 N–H and O–H groups in total. The molecule has 2 aromatic rings. The molecule has 4 heteroatoms. The van der Waals surface area contributed by atoms with Gasteiger partial charge < -0.3 is 5.32 Å². The van der Waals surface area contributed by atoms with Crippen molar-refractivity contribution < 1.29 is 4.79 Å². The van der Waals surface area contributed by atoms with Crippen LogP contribution in [0.2, 0.25) is 0 Å². The molecule has 4 nitrogen and oxygen atoms in total. The van der Waals surface area contributed by atoms with Gasteiger partial charge in [0.15, 0.2) is 0 Å². The normalized spacial score (nSPS) is 12.1. The first-order chi connectivity index (χ1) is 11.1. The molecule has 0 saturated heterocycles. The maximum atomic E-state index is 12.5. The zero-order valence-corrected chi connectivity index (χ0v) is 14.4. The third-order valence-corrected chi connectivity index (χ3v) is 4.05. The summed E-state index contributed by atoms with van der Waals surface area (Å²) in [6.45, 7) is 7.70. The van der Waals surface area contributed by atoms with Gasteiger partial charge >= 0.3 is 0 Å². The Morgan fingerprint density at radius 3 is 2.61 bits per heavy atom. The van der Waals surface area contributed by atoms with Gasteiger partial charge in [-0.15, -0.1) is 0 Å². The first kappa shape index (κ1) is 17.3. The molecule has 1 atom stereocenters. The average Bonchev–Trinajstić information content (AvgIpc) is 2.87. The van der Waals surface area contributed by atoms with Crippen molar-refractivity contribution in [2.75, 3.05) is 6.54 Å². The average molecular weight is 313 g/mol. The van der Waals surface area contributed by atoms with Crippen molar-refractivity contribution in [2.24, 2.45) is 0 Å². The van der Waals surface area contributed by atoms with Crippen LogP contribution in [-0.4, -0.2) is 22.2 Å². The Kier molecular flexibility index (Phi) is 6.39. The molecule has 1 heterocycles. The molecular weight excluding hydrogens is 286 g/mol. The highest BCUT2D eigenvalue weighted by Gasteiger charge is 2.18. The second-order valence-corrected chi connectivity index (χ2v) is 6.05. The highest BCUT2D eigenvalue weighted by molar-refractivity contribution is 5.83. The van der Waals surface area contributed by atoms with Crippen LogP contribution in [-0.2, 0) is 11.3 Å². The second-order valence-electron chi connectivity index (χ2n) is 6.05. The summed E-state index contributed by atoms with van der Waals surface area (Å²) in [4.78, 5) is 12.5. The van der Waals surface area contributed by atoms with Gasteiger partial charge in [-0.2, -0.15) is 5.10 Å². The first-order valence-corrected chi connectivity index (χ1v) is 8.45. The van der Waals surface area contributed by atoms with E-state index in [9.17, 15) is 4.79 Å². The largest absolute Gasteiger partial charge is 0.356 e. The Labute approximate surface area is 138 Å². The number of aromatic nitrogens is 2. The third kappa shape index (κ3) is 4.95. The molecule has 0 aliphatic carbocycles. The van der Waals surface area contributed by atoms with Crippen molar-refractivity contribution in [1.82, 2.24) is 15.1 Å². The van der Waals surface area contributed by atoms with E-state index in [1.54, 1.807) is 0 Å². The van der Waals surface area contributed by atoms with Gasteiger partial charge in [0.05, 0.1) is 11.6 Å². The van der Waals surface area contributed by atoms with Crippen LogP contribution in [0.3, 0.4) is 0 Å². The number of nitrogens with zero attached hydrogens (tertiary/aromatic N) is 2. The summed E-state index contributed by atoms with van der Waals surface area (Å²) in [5.41, 5.74) is 3.31. The quantitative estimate of drug-likeness (QED) is 0.757. The van der Waals surface area contributed by atoms with Crippen LogP contribution in [0.25, 0.3) is 0 Å². The van der Waals surface area contributed by atoms with Crippen molar-refractivity contribution in [3.63, 3.8) is 0 Å². The predicted molar refractivity (Wildman–Crippen MR) is 93.4 cm³/mol. The molecule has 1 aromatic heterocycles. The maximum Gasteiger partial charge on any atom is 0.227 e. The Balaban J connectivity index is 1.83. The zero-order valence-electron chi connectivity index (χ0n) is 14.4. The number of carbonyl (C=O) groups is 1. The zero-order chi connectivity index (χ0) is 16.7. The van der Waals surface area contributed by atoms with Gasteiger partial charge in [0, 0.05) is 18.8 Å². The summed E-state index contributed by atoms with van der Waals surface area (Å²) in [5.74, 6) is 0.0845. The molecule has 0 aliphatic rings. The van der Waals surface area contributed by atoms with Crippen molar-refractivity contribution in [2.45, 2.75) is 52.5 Å². The summed E-state index contributed by atoms with van der Waals surface area (Å²) >= 11 is 0. The fourth-order valence-corrected chi connectivity index (χ4v) is 2.89. The van der Waals surface area contributed by atoms with Crippen LogP contribution >= 0.6 is 0 Å². The molecule has 2 rings (SSSR count). The van der Waals surface area contributed by atoms with Crippen molar-refractivity contribution in [3.8, 4) is 0 Å². The van der Waals surface area contributed by atoms with Crippen LogP contribution in [0.5, 0.6) is 0 Å². The highest BCUT2D eigenvalue weighted by Crippen LogP contribution is 2.21. The summed E-state index contributed by atoms with van der Waals surface area (Å²) in [5, 5.41) is 7.53. The fraction of sp³-hybridized carbons (Fsp3) is 0.474. The second kappa shape index (κ2) is 8.51. The van der Waals surface area contributed by atoms with Crippen LogP contribution in [0, 0.1) is 13.8 Å². The topological polar surface area (TPSA) is 46.9 Å². The van der Waals surface area contributed by atoms with E-state index >= 15 is 0 Å². The smallest absolute Gasteiger partial charge is 0.227 e. The lowest BCUT2D eigenvalue weighted by Gasteiger charge is -2.16. The van der Waals surface area contributed by atoms with Gasteiger partial charge in [-0.25, -0.2) is 0 Å². The van der Waals surface area contributed by atoms with E-state index in [0.29, 0.717) is 6.54 Å². The lowest BCUT2D eigenvalue weighted by Crippen LogP contribution is -2.30. The van der Waals surface area contributed by atoms with E-state index in [2.05, 4.69) is 30.3 Å². The van der Waals surface area contributed by atoms with Crippen molar-refractivity contribution in [3.05, 3.63) is 53.3 Å². The van der Waals surface area contributed by atoms with Crippen molar-refractivity contribution >= 4 is 5.91 Å². The Morgan fingerprint density at radius 2 is 2.00 bits per heavy atom. The standard InChI is InChI=1S/C19H27N3O/c1-4-9-18(17-10-6-5-7-11-17)19(23)20-12-8-13-22-16(3)14-15(2)21-22/h5-7,10-11,14,18H,4,8-9,12-13H2,1-3H3,(H,20,23)/t18-/m0/s1. The number of hydrogen-bond donors (Lipinski definition) is 1. The fourth-order valence-electron chi connectivity index (χ4n) is 2.89. The monoisotopic (exact) mass is 313 g/mol.